The summed E-state index contributed by atoms with van der Waals surface area (Å²) in [6.07, 6.45) is 0. The van der Waals surface area contributed by atoms with Crippen molar-refractivity contribution in [1.82, 2.24) is 0 Å². The summed E-state index contributed by atoms with van der Waals surface area (Å²) in [5, 5.41) is 3.39. The van der Waals surface area contributed by atoms with Crippen molar-refractivity contribution >= 4 is 38.6 Å². The minimum Gasteiger partial charge on any atom is -0.398 e. The van der Waals surface area contributed by atoms with Gasteiger partial charge in [0.2, 0.25) is 0 Å². The molecule has 0 aliphatic carbocycles. The third-order valence-electron chi connectivity index (χ3n) is 2.46. The lowest BCUT2D eigenvalue weighted by Crippen LogP contribution is -2.01. The fraction of sp³-hybridized carbons (Fsp3) is 0.167. The van der Waals surface area contributed by atoms with Crippen LogP contribution in [0, 0.1) is 6.92 Å². The topological polar surface area (TPSA) is 38.0 Å². The highest BCUT2D eigenvalue weighted by molar-refractivity contribution is 9.11. The van der Waals surface area contributed by atoms with Crippen LogP contribution in [-0.2, 0) is 6.54 Å². The number of rotatable bonds is 3. The van der Waals surface area contributed by atoms with Crippen LogP contribution in [0.15, 0.2) is 34.1 Å². The van der Waals surface area contributed by atoms with Crippen LogP contribution in [0.25, 0.3) is 0 Å². The zero-order valence-electron chi connectivity index (χ0n) is 8.96. The lowest BCUT2D eigenvalue weighted by molar-refractivity contribution is 1.18. The largest absolute Gasteiger partial charge is 0.398 e. The number of nitrogens with two attached hydrogens (primary N) is 1. The summed E-state index contributed by atoms with van der Waals surface area (Å²) in [7, 11) is 0. The second kappa shape index (κ2) is 4.89. The van der Waals surface area contributed by atoms with Crippen molar-refractivity contribution in [2.24, 2.45) is 0 Å². The SMILES string of the molecule is Cc1c(N)cccc1NCc1ccc(Br)s1. The maximum Gasteiger partial charge on any atom is 0.0702 e. The van der Waals surface area contributed by atoms with Crippen molar-refractivity contribution in [3.63, 3.8) is 0 Å². The van der Waals surface area contributed by atoms with E-state index >= 15 is 0 Å². The van der Waals surface area contributed by atoms with Gasteiger partial charge < -0.3 is 11.1 Å². The molecule has 0 fully saturated rings. The third kappa shape index (κ3) is 2.57. The summed E-state index contributed by atoms with van der Waals surface area (Å²) in [5.74, 6) is 0. The van der Waals surface area contributed by atoms with E-state index < -0.39 is 0 Å². The summed E-state index contributed by atoms with van der Waals surface area (Å²) in [4.78, 5) is 1.30. The monoisotopic (exact) mass is 296 g/mol. The first kappa shape index (κ1) is 11.5. The molecular formula is C12H13BrN2S. The molecule has 0 saturated carbocycles. The van der Waals surface area contributed by atoms with Crippen molar-refractivity contribution in [1.29, 1.82) is 0 Å². The molecule has 84 valence electrons. The quantitative estimate of drug-likeness (QED) is 0.840. The molecule has 0 atom stereocenters. The van der Waals surface area contributed by atoms with Crippen LogP contribution in [0.5, 0.6) is 0 Å². The van der Waals surface area contributed by atoms with E-state index in [4.69, 9.17) is 5.73 Å². The molecule has 0 aliphatic heterocycles. The van der Waals surface area contributed by atoms with Crippen LogP contribution in [0.4, 0.5) is 11.4 Å². The molecule has 0 amide bonds. The molecule has 4 heteroatoms. The molecule has 16 heavy (non-hydrogen) atoms. The number of nitrogens with one attached hydrogen (secondary N) is 1. The van der Waals surface area contributed by atoms with Crippen LogP contribution in [0.1, 0.15) is 10.4 Å². The van der Waals surface area contributed by atoms with Crippen LogP contribution in [-0.4, -0.2) is 0 Å². The molecule has 2 aromatic rings. The smallest absolute Gasteiger partial charge is 0.0702 e. The van der Waals surface area contributed by atoms with E-state index in [1.54, 1.807) is 11.3 Å². The van der Waals surface area contributed by atoms with Gasteiger partial charge in [0.25, 0.3) is 0 Å². The summed E-state index contributed by atoms with van der Waals surface area (Å²) >= 11 is 5.20. The molecule has 1 aromatic carbocycles. The molecule has 0 aliphatic rings. The molecule has 0 saturated heterocycles. The van der Waals surface area contributed by atoms with Gasteiger partial charge in [-0.25, -0.2) is 0 Å². The van der Waals surface area contributed by atoms with Crippen LogP contribution in [0.3, 0.4) is 0 Å². The number of anilines is 2. The maximum atomic E-state index is 5.85. The Labute approximate surface area is 108 Å². The Kier molecular flexibility index (Phi) is 3.51. The first-order valence-electron chi connectivity index (χ1n) is 5.00. The average molecular weight is 297 g/mol. The van der Waals surface area contributed by atoms with Crippen LogP contribution in [0.2, 0.25) is 0 Å². The first-order valence-corrected chi connectivity index (χ1v) is 6.61. The summed E-state index contributed by atoms with van der Waals surface area (Å²) < 4.78 is 1.16. The molecule has 1 aromatic heterocycles. The average Bonchev–Trinajstić information content (AvgIpc) is 2.67. The van der Waals surface area contributed by atoms with E-state index in [2.05, 4.69) is 33.4 Å². The summed E-state index contributed by atoms with van der Waals surface area (Å²) in [6.45, 7) is 2.86. The zero-order chi connectivity index (χ0) is 11.5. The van der Waals surface area contributed by atoms with Gasteiger partial charge in [-0.2, -0.15) is 0 Å². The molecule has 0 unspecified atom stereocenters. The summed E-state index contributed by atoms with van der Waals surface area (Å²) in [5.41, 5.74) is 8.89. The first-order chi connectivity index (χ1) is 7.66. The van der Waals surface area contributed by atoms with E-state index in [0.717, 1.165) is 27.3 Å². The Morgan fingerprint density at radius 1 is 1.31 bits per heavy atom. The Morgan fingerprint density at radius 3 is 2.81 bits per heavy atom. The van der Waals surface area contributed by atoms with Crippen molar-refractivity contribution in [3.05, 3.63) is 44.6 Å². The minimum absolute atomic E-state index is 0.831. The third-order valence-corrected chi connectivity index (χ3v) is 4.08. The fourth-order valence-corrected chi connectivity index (χ4v) is 2.90. The molecule has 0 bridgehead atoms. The Balaban J connectivity index is 2.07. The molecule has 2 nitrogen and oxygen atoms in total. The molecule has 2 rings (SSSR count). The van der Waals surface area contributed by atoms with E-state index in [9.17, 15) is 0 Å². The van der Waals surface area contributed by atoms with Crippen LogP contribution < -0.4 is 11.1 Å². The van der Waals surface area contributed by atoms with Crippen molar-refractivity contribution < 1.29 is 0 Å². The number of halogens is 1. The Bertz CT molecular complexity index is 494. The van der Waals surface area contributed by atoms with Crippen molar-refractivity contribution in [2.45, 2.75) is 13.5 Å². The van der Waals surface area contributed by atoms with Gasteiger partial charge >= 0.3 is 0 Å². The Hall–Kier alpha value is -1.000. The molecular weight excluding hydrogens is 284 g/mol. The van der Waals surface area contributed by atoms with Gasteiger partial charge in [0.05, 0.1) is 3.79 Å². The number of hydrogen-bond acceptors (Lipinski definition) is 3. The number of nitrogen functional groups attached to an aromatic ring is 1. The van der Waals surface area contributed by atoms with E-state index in [1.807, 2.05) is 25.1 Å². The summed E-state index contributed by atoms with van der Waals surface area (Å²) in [6, 6.07) is 10.1. The maximum absolute atomic E-state index is 5.85. The van der Waals surface area contributed by atoms with Crippen LogP contribution >= 0.6 is 27.3 Å². The highest BCUT2D eigenvalue weighted by atomic mass is 79.9. The van der Waals surface area contributed by atoms with Gasteiger partial charge in [0.15, 0.2) is 0 Å². The molecule has 1 heterocycles. The van der Waals surface area contributed by atoms with E-state index in [-0.39, 0.29) is 0 Å². The predicted octanol–water partition coefficient (Wildman–Crippen LogP) is 4.01. The van der Waals surface area contributed by atoms with Gasteiger partial charge in [-0.3, -0.25) is 0 Å². The lowest BCUT2D eigenvalue weighted by atomic mass is 10.1. The predicted molar refractivity (Wildman–Crippen MR) is 74.9 cm³/mol. The molecule has 0 radical (unpaired) electrons. The Morgan fingerprint density at radius 2 is 2.12 bits per heavy atom. The van der Waals surface area contributed by atoms with E-state index in [1.165, 1.54) is 4.88 Å². The van der Waals surface area contributed by atoms with Crippen molar-refractivity contribution in [2.75, 3.05) is 11.1 Å². The minimum atomic E-state index is 0.831. The normalized spacial score (nSPS) is 10.4. The molecule has 0 spiro atoms. The highest BCUT2D eigenvalue weighted by Gasteiger charge is 2.02. The zero-order valence-corrected chi connectivity index (χ0v) is 11.4. The second-order valence-corrected chi connectivity index (χ2v) is 6.13. The number of thiophene rings is 1. The van der Waals surface area contributed by atoms with Crippen molar-refractivity contribution in [3.8, 4) is 0 Å². The van der Waals surface area contributed by atoms with Gasteiger partial charge in [-0.1, -0.05) is 6.07 Å². The highest BCUT2D eigenvalue weighted by Crippen LogP contribution is 2.25. The van der Waals surface area contributed by atoms with Gasteiger partial charge in [0, 0.05) is 22.8 Å². The number of benzene rings is 1. The van der Waals surface area contributed by atoms with Gasteiger partial charge in [0.1, 0.15) is 0 Å². The molecule has 3 N–H and O–H groups in total. The lowest BCUT2D eigenvalue weighted by Gasteiger charge is -2.10. The van der Waals surface area contributed by atoms with E-state index in [0.29, 0.717) is 0 Å². The second-order valence-electron chi connectivity index (χ2n) is 3.58. The number of hydrogen-bond donors (Lipinski definition) is 2. The standard InChI is InChI=1S/C12H13BrN2S/c1-8-10(14)3-2-4-11(8)15-7-9-5-6-12(13)16-9/h2-6,15H,7,14H2,1H3. The van der Waals surface area contributed by atoms with Gasteiger partial charge in [-0.15, -0.1) is 11.3 Å². The van der Waals surface area contributed by atoms with Gasteiger partial charge in [-0.05, 0) is 52.7 Å². The fourth-order valence-electron chi connectivity index (χ4n) is 1.47.